The summed E-state index contributed by atoms with van der Waals surface area (Å²) in [4.78, 5) is 10.4. The summed E-state index contributed by atoms with van der Waals surface area (Å²) in [6, 6.07) is 0. The lowest BCUT2D eigenvalue weighted by molar-refractivity contribution is -0.118. The first-order chi connectivity index (χ1) is 5.66. The minimum absolute atomic E-state index is 0.208. The Morgan fingerprint density at radius 1 is 1.33 bits per heavy atom. The standard InChI is InChI=1S/C8H17NOS2/c9-8(10)4-2-1-3-7(12)5-6-11/h7,11-12H,1-6H2,(H2,9,10)/t7-/m0/s1. The van der Waals surface area contributed by atoms with E-state index in [1.54, 1.807) is 0 Å². The Hall–Kier alpha value is 0.170. The van der Waals surface area contributed by atoms with E-state index in [0.717, 1.165) is 31.4 Å². The van der Waals surface area contributed by atoms with E-state index in [2.05, 4.69) is 25.3 Å². The first-order valence-corrected chi connectivity index (χ1v) is 5.39. The minimum atomic E-state index is -0.208. The molecule has 0 aromatic rings. The number of hydrogen-bond acceptors (Lipinski definition) is 3. The highest BCUT2D eigenvalue weighted by molar-refractivity contribution is 7.81. The third-order valence-corrected chi connectivity index (χ3v) is 2.45. The summed E-state index contributed by atoms with van der Waals surface area (Å²) < 4.78 is 0. The molecule has 0 aromatic heterocycles. The molecular weight excluding hydrogens is 190 g/mol. The van der Waals surface area contributed by atoms with E-state index in [1.807, 2.05) is 0 Å². The van der Waals surface area contributed by atoms with Crippen molar-refractivity contribution in [2.45, 2.75) is 37.4 Å². The van der Waals surface area contributed by atoms with E-state index in [4.69, 9.17) is 5.73 Å². The van der Waals surface area contributed by atoms with Crippen LogP contribution < -0.4 is 5.73 Å². The van der Waals surface area contributed by atoms with Crippen LogP contribution in [-0.2, 0) is 4.79 Å². The summed E-state index contributed by atoms with van der Waals surface area (Å²) in [6.45, 7) is 0. The number of primary amides is 1. The molecule has 0 aliphatic heterocycles. The summed E-state index contributed by atoms with van der Waals surface area (Å²) in [7, 11) is 0. The van der Waals surface area contributed by atoms with Gasteiger partial charge in [0.25, 0.3) is 0 Å². The highest BCUT2D eigenvalue weighted by atomic mass is 32.1. The van der Waals surface area contributed by atoms with Crippen LogP contribution >= 0.6 is 25.3 Å². The molecular formula is C8H17NOS2. The Kier molecular flexibility index (Phi) is 7.91. The first kappa shape index (κ1) is 12.2. The van der Waals surface area contributed by atoms with Gasteiger partial charge in [0.05, 0.1) is 0 Å². The molecule has 2 nitrogen and oxygen atoms in total. The molecule has 0 saturated heterocycles. The number of thiol groups is 2. The molecule has 0 unspecified atom stereocenters. The van der Waals surface area contributed by atoms with Crippen LogP contribution in [0.1, 0.15) is 32.1 Å². The molecule has 4 heteroatoms. The maximum atomic E-state index is 10.4. The molecule has 72 valence electrons. The van der Waals surface area contributed by atoms with Gasteiger partial charge in [-0.3, -0.25) is 4.79 Å². The molecule has 0 aliphatic carbocycles. The normalized spacial score (nSPS) is 12.8. The van der Waals surface area contributed by atoms with Gasteiger partial charge in [0.1, 0.15) is 0 Å². The van der Waals surface area contributed by atoms with Crippen molar-refractivity contribution in [3.63, 3.8) is 0 Å². The van der Waals surface area contributed by atoms with Crippen LogP contribution in [0.5, 0.6) is 0 Å². The average Bonchev–Trinajstić information content (AvgIpc) is 1.98. The van der Waals surface area contributed by atoms with Gasteiger partial charge in [0.2, 0.25) is 5.91 Å². The molecule has 0 rings (SSSR count). The number of carbonyl (C=O) groups is 1. The highest BCUT2D eigenvalue weighted by Gasteiger charge is 2.01. The van der Waals surface area contributed by atoms with E-state index in [1.165, 1.54) is 0 Å². The predicted molar refractivity (Wildman–Crippen MR) is 58.9 cm³/mol. The molecule has 0 saturated carbocycles. The van der Waals surface area contributed by atoms with Crippen LogP contribution in [0, 0.1) is 0 Å². The largest absolute Gasteiger partial charge is 0.370 e. The third kappa shape index (κ3) is 8.27. The van der Waals surface area contributed by atoms with Gasteiger partial charge >= 0.3 is 0 Å². The quantitative estimate of drug-likeness (QED) is 0.431. The van der Waals surface area contributed by atoms with Crippen LogP contribution in [0.3, 0.4) is 0 Å². The Labute approximate surface area is 85.1 Å². The number of unbranched alkanes of at least 4 members (excludes halogenated alkanes) is 1. The number of carbonyl (C=O) groups excluding carboxylic acids is 1. The second kappa shape index (κ2) is 7.80. The smallest absolute Gasteiger partial charge is 0.217 e. The summed E-state index contributed by atoms with van der Waals surface area (Å²) >= 11 is 8.48. The van der Waals surface area contributed by atoms with Crippen LogP contribution in [0.25, 0.3) is 0 Å². The van der Waals surface area contributed by atoms with Crippen molar-refractivity contribution in [3.05, 3.63) is 0 Å². The molecule has 0 aliphatic rings. The van der Waals surface area contributed by atoms with Crippen molar-refractivity contribution < 1.29 is 4.79 Å². The molecule has 0 aromatic carbocycles. The fourth-order valence-corrected chi connectivity index (χ4v) is 1.80. The molecule has 2 N–H and O–H groups in total. The Morgan fingerprint density at radius 3 is 2.50 bits per heavy atom. The van der Waals surface area contributed by atoms with E-state index < -0.39 is 0 Å². The van der Waals surface area contributed by atoms with Gasteiger partial charge in [-0.05, 0) is 25.0 Å². The van der Waals surface area contributed by atoms with Crippen molar-refractivity contribution in [2.24, 2.45) is 5.73 Å². The van der Waals surface area contributed by atoms with Crippen molar-refractivity contribution >= 4 is 31.2 Å². The van der Waals surface area contributed by atoms with Gasteiger partial charge in [-0.25, -0.2) is 0 Å². The summed E-state index contributed by atoms with van der Waals surface area (Å²) in [5.74, 6) is 0.671. The molecule has 0 bridgehead atoms. The third-order valence-electron chi connectivity index (χ3n) is 1.67. The zero-order valence-electron chi connectivity index (χ0n) is 7.20. The second-order valence-electron chi connectivity index (χ2n) is 2.88. The second-order valence-corrected chi connectivity index (χ2v) is 4.06. The zero-order valence-corrected chi connectivity index (χ0v) is 8.99. The van der Waals surface area contributed by atoms with Crippen LogP contribution in [-0.4, -0.2) is 16.9 Å². The van der Waals surface area contributed by atoms with Gasteiger partial charge in [-0.2, -0.15) is 25.3 Å². The van der Waals surface area contributed by atoms with E-state index >= 15 is 0 Å². The van der Waals surface area contributed by atoms with Gasteiger partial charge in [-0.1, -0.05) is 6.42 Å². The maximum absolute atomic E-state index is 10.4. The monoisotopic (exact) mass is 207 g/mol. The lowest BCUT2D eigenvalue weighted by Crippen LogP contribution is -2.10. The summed E-state index contributed by atoms with van der Waals surface area (Å²) in [5, 5.41) is 0.426. The number of nitrogens with two attached hydrogens (primary N) is 1. The van der Waals surface area contributed by atoms with Gasteiger partial charge < -0.3 is 5.73 Å². The van der Waals surface area contributed by atoms with Crippen molar-refractivity contribution in [3.8, 4) is 0 Å². The minimum Gasteiger partial charge on any atom is -0.370 e. The SMILES string of the molecule is NC(=O)CCCC[C@H](S)CCS. The van der Waals surface area contributed by atoms with Crippen LogP contribution in [0.4, 0.5) is 0 Å². The summed E-state index contributed by atoms with van der Waals surface area (Å²) in [5.41, 5.74) is 5.00. The molecule has 12 heavy (non-hydrogen) atoms. The molecule has 0 fully saturated rings. The molecule has 1 atom stereocenters. The fourth-order valence-electron chi connectivity index (χ4n) is 0.973. The Bertz CT molecular complexity index is 130. The zero-order chi connectivity index (χ0) is 9.40. The fraction of sp³-hybridized carbons (Fsp3) is 0.875. The van der Waals surface area contributed by atoms with Crippen LogP contribution in [0.2, 0.25) is 0 Å². The Balaban J connectivity index is 3.13. The van der Waals surface area contributed by atoms with Gasteiger partial charge in [-0.15, -0.1) is 0 Å². The van der Waals surface area contributed by atoms with Crippen LogP contribution in [0.15, 0.2) is 0 Å². The van der Waals surface area contributed by atoms with E-state index in [0.29, 0.717) is 11.7 Å². The molecule has 0 spiro atoms. The van der Waals surface area contributed by atoms with Crippen molar-refractivity contribution in [1.29, 1.82) is 0 Å². The molecule has 0 radical (unpaired) electrons. The highest BCUT2D eigenvalue weighted by Crippen LogP contribution is 2.12. The predicted octanol–water partition coefficient (Wildman–Crippen LogP) is 1.65. The molecule has 0 heterocycles. The van der Waals surface area contributed by atoms with Crippen molar-refractivity contribution in [1.82, 2.24) is 0 Å². The lowest BCUT2D eigenvalue weighted by atomic mass is 10.1. The average molecular weight is 207 g/mol. The first-order valence-electron chi connectivity index (χ1n) is 4.24. The van der Waals surface area contributed by atoms with Crippen molar-refractivity contribution in [2.75, 3.05) is 5.75 Å². The number of rotatable bonds is 7. The summed E-state index contributed by atoms with van der Waals surface area (Å²) in [6.07, 6.45) is 4.50. The number of hydrogen-bond donors (Lipinski definition) is 3. The van der Waals surface area contributed by atoms with Gasteiger partial charge in [0.15, 0.2) is 0 Å². The lowest BCUT2D eigenvalue weighted by Gasteiger charge is -2.07. The van der Waals surface area contributed by atoms with E-state index in [-0.39, 0.29) is 5.91 Å². The van der Waals surface area contributed by atoms with Gasteiger partial charge in [0, 0.05) is 11.7 Å². The van der Waals surface area contributed by atoms with E-state index in [9.17, 15) is 4.79 Å². The molecule has 1 amide bonds. The Morgan fingerprint density at radius 2 is 2.00 bits per heavy atom. The number of amides is 1. The topological polar surface area (TPSA) is 43.1 Å². The maximum Gasteiger partial charge on any atom is 0.217 e.